The second-order valence-electron chi connectivity index (χ2n) is 8.65. The normalized spacial score (nSPS) is 13.0. The Balaban J connectivity index is 0.00000320. The fraction of sp³-hybridized carbons (Fsp3) is 0.231. The van der Waals surface area contributed by atoms with E-state index >= 15 is 0 Å². The molecular formula is C26H28ClN5O4S. The number of hydrogen-bond donors (Lipinski definition) is 2. The molecule has 0 spiro atoms. The van der Waals surface area contributed by atoms with Crippen LogP contribution in [0.5, 0.6) is 11.5 Å². The Hall–Kier alpha value is -3.76. The van der Waals surface area contributed by atoms with Crippen LogP contribution >= 0.6 is 12.4 Å². The SMILES string of the molecule is COc1cc2nc(N3CCc4c(cccc4NS(C)(=O)=O)C3)cc(N)c2c(-c2ccccn2)c1OC.Cl. The average Bonchev–Trinajstić information content (AvgIpc) is 2.87. The fourth-order valence-corrected chi connectivity index (χ4v) is 5.34. The number of hydrogen-bond acceptors (Lipinski definition) is 8. The molecule has 0 amide bonds. The number of pyridine rings is 2. The maximum absolute atomic E-state index is 11.8. The highest BCUT2D eigenvalue weighted by Crippen LogP contribution is 2.45. The third-order valence-corrected chi connectivity index (χ3v) is 6.85. The first-order valence-corrected chi connectivity index (χ1v) is 13.3. The number of sulfonamides is 1. The first-order chi connectivity index (χ1) is 17.3. The van der Waals surface area contributed by atoms with Crippen molar-refractivity contribution in [2.75, 3.05) is 42.4 Å². The van der Waals surface area contributed by atoms with Crippen molar-refractivity contribution in [1.29, 1.82) is 0 Å². The first-order valence-electron chi connectivity index (χ1n) is 11.4. The number of rotatable bonds is 6. The Morgan fingerprint density at radius 2 is 1.89 bits per heavy atom. The summed E-state index contributed by atoms with van der Waals surface area (Å²) in [6, 6.07) is 15.0. The zero-order valence-electron chi connectivity index (χ0n) is 20.7. The van der Waals surface area contributed by atoms with Crippen LogP contribution in [0, 0.1) is 0 Å². The van der Waals surface area contributed by atoms with Crippen LogP contribution in [0.1, 0.15) is 11.1 Å². The number of anilines is 3. The van der Waals surface area contributed by atoms with E-state index in [0.717, 1.165) is 34.2 Å². The molecule has 4 aromatic rings. The molecular weight excluding hydrogens is 514 g/mol. The minimum absolute atomic E-state index is 0. The van der Waals surface area contributed by atoms with Crippen LogP contribution < -0.4 is 24.8 Å². The quantitative estimate of drug-likeness (QED) is 0.372. The summed E-state index contributed by atoms with van der Waals surface area (Å²) in [4.78, 5) is 11.6. The van der Waals surface area contributed by atoms with Crippen molar-refractivity contribution in [3.8, 4) is 22.8 Å². The maximum Gasteiger partial charge on any atom is 0.229 e. The number of nitrogen functional groups attached to an aromatic ring is 1. The van der Waals surface area contributed by atoms with Crippen molar-refractivity contribution in [3.05, 3.63) is 65.9 Å². The van der Waals surface area contributed by atoms with Gasteiger partial charge in [-0.1, -0.05) is 18.2 Å². The van der Waals surface area contributed by atoms with Crippen LogP contribution in [-0.4, -0.2) is 45.4 Å². The minimum Gasteiger partial charge on any atom is -0.493 e. The summed E-state index contributed by atoms with van der Waals surface area (Å²) in [5.41, 5.74) is 11.9. The third kappa shape index (κ3) is 5.07. The van der Waals surface area contributed by atoms with Gasteiger partial charge in [-0.2, -0.15) is 0 Å². The van der Waals surface area contributed by atoms with Gasteiger partial charge < -0.3 is 20.1 Å². The van der Waals surface area contributed by atoms with Gasteiger partial charge in [0.05, 0.1) is 42.9 Å². The molecule has 0 bridgehead atoms. The predicted octanol–water partition coefficient (Wildman–Crippen LogP) is 4.25. The molecule has 2 aromatic carbocycles. The van der Waals surface area contributed by atoms with Gasteiger partial charge in [-0.15, -0.1) is 12.4 Å². The number of nitrogens with zero attached hydrogens (tertiary/aromatic N) is 3. The third-order valence-electron chi connectivity index (χ3n) is 6.26. The van der Waals surface area contributed by atoms with E-state index in [1.54, 1.807) is 26.5 Å². The van der Waals surface area contributed by atoms with Crippen LogP contribution in [0.4, 0.5) is 17.2 Å². The van der Waals surface area contributed by atoms with Gasteiger partial charge in [-0.25, -0.2) is 13.4 Å². The Kier molecular flexibility index (Phi) is 7.33. The van der Waals surface area contributed by atoms with Gasteiger partial charge in [0, 0.05) is 42.5 Å². The molecule has 37 heavy (non-hydrogen) atoms. The van der Waals surface area contributed by atoms with Crippen molar-refractivity contribution in [2.24, 2.45) is 0 Å². The van der Waals surface area contributed by atoms with Crippen molar-refractivity contribution in [2.45, 2.75) is 13.0 Å². The first kappa shape index (κ1) is 26.3. The highest BCUT2D eigenvalue weighted by atomic mass is 35.5. The van der Waals surface area contributed by atoms with E-state index in [-0.39, 0.29) is 12.4 Å². The number of ether oxygens (including phenoxy) is 2. The zero-order chi connectivity index (χ0) is 25.4. The number of methoxy groups -OCH3 is 2. The van der Waals surface area contributed by atoms with E-state index in [4.69, 9.17) is 20.2 Å². The number of fused-ring (bicyclic) bond motifs is 2. The molecule has 194 valence electrons. The van der Waals surface area contributed by atoms with Gasteiger partial charge in [-0.05, 0) is 35.7 Å². The highest BCUT2D eigenvalue weighted by molar-refractivity contribution is 7.92. The van der Waals surface area contributed by atoms with Gasteiger partial charge in [0.15, 0.2) is 11.5 Å². The van der Waals surface area contributed by atoms with Crippen molar-refractivity contribution in [1.82, 2.24) is 9.97 Å². The Morgan fingerprint density at radius 3 is 2.57 bits per heavy atom. The number of nitrogens with two attached hydrogens (primary N) is 1. The minimum atomic E-state index is -3.37. The molecule has 1 aliphatic rings. The zero-order valence-corrected chi connectivity index (χ0v) is 22.3. The topological polar surface area (TPSA) is 120 Å². The summed E-state index contributed by atoms with van der Waals surface area (Å²) in [7, 11) is -0.190. The Morgan fingerprint density at radius 1 is 1.08 bits per heavy atom. The second-order valence-corrected chi connectivity index (χ2v) is 10.4. The summed E-state index contributed by atoms with van der Waals surface area (Å²) in [6.07, 6.45) is 3.54. The predicted molar refractivity (Wildman–Crippen MR) is 149 cm³/mol. The lowest BCUT2D eigenvalue weighted by molar-refractivity contribution is 0.357. The van der Waals surface area contributed by atoms with Crippen LogP contribution in [0.25, 0.3) is 22.2 Å². The largest absolute Gasteiger partial charge is 0.493 e. The summed E-state index contributed by atoms with van der Waals surface area (Å²) in [5, 5.41) is 0.743. The van der Waals surface area contributed by atoms with Gasteiger partial charge >= 0.3 is 0 Å². The Bertz CT molecular complexity index is 1570. The second kappa shape index (κ2) is 10.3. The molecule has 0 fully saturated rings. The lowest BCUT2D eigenvalue weighted by Gasteiger charge is -2.31. The van der Waals surface area contributed by atoms with E-state index in [9.17, 15) is 8.42 Å². The molecule has 0 unspecified atom stereocenters. The molecule has 9 nitrogen and oxygen atoms in total. The van der Waals surface area contributed by atoms with Crippen LogP contribution in [0.15, 0.2) is 54.7 Å². The lowest BCUT2D eigenvalue weighted by Crippen LogP contribution is -2.31. The standard InChI is InChI=1S/C26H27N5O4S.ClH/c1-34-22-14-21-24(25(26(22)35-2)20-8-4-5-11-28-20)18(27)13-23(29-21)31-12-10-17-16(15-31)7-6-9-19(17)30-36(3,32)33;/h4-9,11,13-14,30H,10,12,15H2,1-3H3,(H2,27,29);1H. The average molecular weight is 542 g/mol. The number of benzene rings is 2. The molecule has 0 atom stereocenters. The summed E-state index contributed by atoms with van der Waals surface area (Å²) in [6.45, 7) is 1.24. The van der Waals surface area contributed by atoms with Crippen molar-refractivity contribution >= 4 is 50.5 Å². The van der Waals surface area contributed by atoms with Crippen molar-refractivity contribution in [3.63, 3.8) is 0 Å². The van der Waals surface area contributed by atoms with Crippen LogP contribution in [0.2, 0.25) is 0 Å². The molecule has 11 heteroatoms. The summed E-state index contributed by atoms with van der Waals surface area (Å²) >= 11 is 0. The molecule has 0 saturated carbocycles. The monoisotopic (exact) mass is 541 g/mol. The molecule has 0 aliphatic carbocycles. The maximum atomic E-state index is 11.8. The molecule has 0 radical (unpaired) electrons. The van der Waals surface area contributed by atoms with Crippen molar-refractivity contribution < 1.29 is 17.9 Å². The molecule has 1 aliphatic heterocycles. The highest BCUT2D eigenvalue weighted by Gasteiger charge is 2.24. The van der Waals surface area contributed by atoms with E-state index < -0.39 is 10.0 Å². The van der Waals surface area contributed by atoms with Gasteiger partial charge in [0.1, 0.15) is 5.82 Å². The van der Waals surface area contributed by atoms with Gasteiger partial charge in [-0.3, -0.25) is 9.71 Å². The fourth-order valence-electron chi connectivity index (χ4n) is 4.75. The van der Waals surface area contributed by atoms with Gasteiger partial charge in [0.25, 0.3) is 0 Å². The van der Waals surface area contributed by atoms with E-state index in [0.29, 0.717) is 53.6 Å². The number of nitrogens with one attached hydrogen (secondary N) is 1. The van der Waals surface area contributed by atoms with Crippen LogP contribution in [0.3, 0.4) is 0 Å². The summed E-state index contributed by atoms with van der Waals surface area (Å²) < 4.78 is 37.6. The summed E-state index contributed by atoms with van der Waals surface area (Å²) in [5.74, 6) is 1.81. The Labute approximate surface area is 222 Å². The molecule has 5 rings (SSSR count). The van der Waals surface area contributed by atoms with Crippen LogP contribution in [-0.2, 0) is 23.0 Å². The molecule has 3 heterocycles. The molecule has 0 saturated heterocycles. The molecule has 3 N–H and O–H groups in total. The smallest absolute Gasteiger partial charge is 0.229 e. The van der Waals surface area contributed by atoms with Gasteiger partial charge in [0.2, 0.25) is 10.0 Å². The van der Waals surface area contributed by atoms with E-state index in [2.05, 4.69) is 14.6 Å². The van der Waals surface area contributed by atoms with E-state index in [1.807, 2.05) is 42.5 Å². The van der Waals surface area contributed by atoms with E-state index in [1.165, 1.54) is 0 Å². The number of halogens is 1. The number of aromatic nitrogens is 2. The molecule has 2 aromatic heterocycles. The lowest BCUT2D eigenvalue weighted by atomic mass is 9.97.